The third-order valence-corrected chi connectivity index (χ3v) is 4.07. The van der Waals surface area contributed by atoms with Gasteiger partial charge < -0.3 is 10.1 Å². The van der Waals surface area contributed by atoms with Gasteiger partial charge in [0.2, 0.25) is 5.91 Å². The number of carbonyl (C=O) groups is 3. The Morgan fingerprint density at radius 2 is 1.64 bits per heavy atom. The van der Waals surface area contributed by atoms with Crippen LogP contribution >= 0.6 is 23.2 Å². The summed E-state index contributed by atoms with van der Waals surface area (Å²) in [5.74, 6) is -1.18. The third kappa shape index (κ3) is 5.05. The topological polar surface area (TPSA) is 72.5 Å². The Hall–Kier alpha value is -2.37. The van der Waals surface area contributed by atoms with E-state index < -0.39 is 5.97 Å². The molecule has 0 saturated carbocycles. The number of ether oxygens (including phenoxy) is 1. The Morgan fingerprint density at radius 1 is 0.960 bits per heavy atom. The van der Waals surface area contributed by atoms with Crippen LogP contribution in [0.1, 0.15) is 33.6 Å². The molecule has 25 heavy (non-hydrogen) atoms. The van der Waals surface area contributed by atoms with Crippen molar-refractivity contribution in [2.24, 2.45) is 0 Å². The summed E-state index contributed by atoms with van der Waals surface area (Å²) in [7, 11) is 1.24. The average molecular weight is 380 g/mol. The fraction of sp³-hybridized carbons (Fsp3) is 0.167. The van der Waals surface area contributed by atoms with E-state index in [-0.39, 0.29) is 35.1 Å². The molecule has 0 aliphatic heterocycles. The number of benzene rings is 2. The van der Waals surface area contributed by atoms with Gasteiger partial charge in [-0.15, -0.1) is 0 Å². The molecule has 0 spiro atoms. The van der Waals surface area contributed by atoms with Gasteiger partial charge in [-0.05, 0) is 30.3 Å². The molecule has 0 aliphatic rings. The lowest BCUT2D eigenvalue weighted by Gasteiger charge is -2.08. The number of Topliss-reactive ketones (excluding diaryl/α,β-unsaturated/α-hetero) is 1. The highest BCUT2D eigenvalue weighted by Crippen LogP contribution is 2.22. The Bertz CT molecular complexity index is 820. The van der Waals surface area contributed by atoms with Crippen molar-refractivity contribution in [1.82, 2.24) is 0 Å². The summed E-state index contributed by atoms with van der Waals surface area (Å²) in [6.07, 6.45) is 0.00720. The number of hydrogen-bond donors (Lipinski definition) is 1. The first-order valence-corrected chi connectivity index (χ1v) is 8.13. The summed E-state index contributed by atoms with van der Waals surface area (Å²) in [5.41, 5.74) is 0.922. The molecule has 7 heteroatoms. The molecule has 0 aliphatic carbocycles. The normalized spacial score (nSPS) is 10.2. The Labute approximate surface area is 154 Å². The molecule has 0 unspecified atom stereocenters. The second-order valence-corrected chi connectivity index (χ2v) is 5.95. The Kier molecular flexibility index (Phi) is 6.56. The SMILES string of the molecule is COC(=O)c1cc(NC(=O)CCC(=O)c2ccccc2Cl)ccc1Cl. The summed E-state index contributed by atoms with van der Waals surface area (Å²) in [6.45, 7) is 0. The van der Waals surface area contributed by atoms with Gasteiger partial charge in [0.15, 0.2) is 5.78 Å². The van der Waals surface area contributed by atoms with Crippen molar-refractivity contribution in [1.29, 1.82) is 0 Å². The average Bonchev–Trinajstić information content (AvgIpc) is 2.61. The molecule has 0 bridgehead atoms. The minimum Gasteiger partial charge on any atom is -0.465 e. The van der Waals surface area contributed by atoms with Crippen molar-refractivity contribution in [2.75, 3.05) is 12.4 Å². The first-order chi connectivity index (χ1) is 11.9. The van der Waals surface area contributed by atoms with Gasteiger partial charge in [0.25, 0.3) is 0 Å². The second-order valence-electron chi connectivity index (χ2n) is 5.14. The first-order valence-electron chi connectivity index (χ1n) is 7.38. The van der Waals surface area contributed by atoms with Crippen LogP contribution in [0.15, 0.2) is 42.5 Å². The van der Waals surface area contributed by atoms with Crippen LogP contribution in [0, 0.1) is 0 Å². The summed E-state index contributed by atoms with van der Waals surface area (Å²) < 4.78 is 4.62. The molecule has 0 heterocycles. The van der Waals surface area contributed by atoms with E-state index in [1.54, 1.807) is 30.3 Å². The highest BCUT2D eigenvalue weighted by atomic mass is 35.5. The van der Waals surface area contributed by atoms with E-state index in [9.17, 15) is 14.4 Å². The van der Waals surface area contributed by atoms with Gasteiger partial charge >= 0.3 is 5.97 Å². The predicted octanol–water partition coefficient (Wildman–Crippen LogP) is 4.38. The van der Waals surface area contributed by atoms with Gasteiger partial charge in [0.05, 0.1) is 22.7 Å². The van der Waals surface area contributed by atoms with Crippen LogP contribution in [-0.2, 0) is 9.53 Å². The fourth-order valence-electron chi connectivity index (χ4n) is 2.14. The minimum absolute atomic E-state index is 0.0137. The Balaban J connectivity index is 1.98. The molecule has 130 valence electrons. The van der Waals surface area contributed by atoms with Crippen molar-refractivity contribution in [3.63, 3.8) is 0 Å². The van der Waals surface area contributed by atoms with E-state index >= 15 is 0 Å². The molecule has 0 aromatic heterocycles. The zero-order valence-corrected chi connectivity index (χ0v) is 14.9. The molecule has 2 rings (SSSR count). The lowest BCUT2D eigenvalue weighted by Crippen LogP contribution is -2.14. The summed E-state index contributed by atoms with van der Waals surface area (Å²) in [5, 5.41) is 3.20. The molecule has 5 nitrogen and oxygen atoms in total. The molecular weight excluding hydrogens is 365 g/mol. The summed E-state index contributed by atoms with van der Waals surface area (Å²) in [6, 6.07) is 11.1. The Morgan fingerprint density at radius 3 is 2.32 bits per heavy atom. The van der Waals surface area contributed by atoms with E-state index in [0.29, 0.717) is 16.3 Å². The van der Waals surface area contributed by atoms with Gasteiger partial charge in [0.1, 0.15) is 0 Å². The fourth-order valence-corrected chi connectivity index (χ4v) is 2.58. The molecule has 2 aromatic rings. The number of nitrogens with one attached hydrogen (secondary N) is 1. The van der Waals surface area contributed by atoms with Crippen molar-refractivity contribution < 1.29 is 19.1 Å². The van der Waals surface area contributed by atoms with Crippen LogP contribution < -0.4 is 5.32 Å². The maximum Gasteiger partial charge on any atom is 0.339 e. The van der Waals surface area contributed by atoms with Crippen LogP contribution in [0.25, 0.3) is 0 Å². The van der Waals surface area contributed by atoms with E-state index in [1.165, 1.54) is 19.2 Å². The molecule has 0 saturated heterocycles. The van der Waals surface area contributed by atoms with Gasteiger partial charge in [0, 0.05) is 24.1 Å². The maximum atomic E-state index is 12.1. The third-order valence-electron chi connectivity index (χ3n) is 3.41. The first kappa shape index (κ1) is 19.0. The molecule has 2 aromatic carbocycles. The highest BCUT2D eigenvalue weighted by molar-refractivity contribution is 6.34. The van der Waals surface area contributed by atoms with E-state index in [4.69, 9.17) is 23.2 Å². The van der Waals surface area contributed by atoms with Crippen LogP contribution in [0.5, 0.6) is 0 Å². The van der Waals surface area contributed by atoms with E-state index in [1.807, 2.05) is 0 Å². The number of amides is 1. The second kappa shape index (κ2) is 8.65. The smallest absolute Gasteiger partial charge is 0.339 e. The van der Waals surface area contributed by atoms with E-state index in [0.717, 1.165) is 0 Å². The van der Waals surface area contributed by atoms with Gasteiger partial charge in [-0.1, -0.05) is 35.3 Å². The van der Waals surface area contributed by atoms with Gasteiger partial charge in [-0.25, -0.2) is 4.79 Å². The number of methoxy groups -OCH3 is 1. The summed E-state index contributed by atoms with van der Waals surface area (Å²) in [4.78, 5) is 35.7. The quantitative estimate of drug-likeness (QED) is 0.596. The van der Waals surface area contributed by atoms with Crippen LogP contribution in [0.3, 0.4) is 0 Å². The highest BCUT2D eigenvalue weighted by Gasteiger charge is 2.14. The van der Waals surface area contributed by atoms with Crippen LogP contribution in [-0.4, -0.2) is 24.8 Å². The standard InChI is InChI=1S/C18H15Cl2NO4/c1-25-18(24)13-10-11(6-7-15(13)20)21-17(23)9-8-16(22)12-4-2-3-5-14(12)19/h2-7,10H,8-9H2,1H3,(H,21,23). The number of esters is 1. The lowest BCUT2D eigenvalue weighted by atomic mass is 10.1. The molecule has 1 amide bonds. The number of ketones is 1. The van der Waals surface area contributed by atoms with Gasteiger partial charge in [-0.2, -0.15) is 0 Å². The number of anilines is 1. The molecule has 1 N–H and O–H groups in total. The zero-order chi connectivity index (χ0) is 18.4. The minimum atomic E-state index is -0.602. The van der Waals surface area contributed by atoms with Gasteiger partial charge in [-0.3, -0.25) is 9.59 Å². The monoisotopic (exact) mass is 379 g/mol. The van der Waals surface area contributed by atoms with Crippen molar-refractivity contribution >= 4 is 46.5 Å². The summed E-state index contributed by atoms with van der Waals surface area (Å²) >= 11 is 11.9. The largest absolute Gasteiger partial charge is 0.465 e. The molecule has 0 fully saturated rings. The predicted molar refractivity (Wildman–Crippen MR) is 96.4 cm³/mol. The lowest BCUT2D eigenvalue weighted by molar-refractivity contribution is -0.116. The number of rotatable bonds is 6. The van der Waals surface area contributed by atoms with Crippen molar-refractivity contribution in [3.05, 3.63) is 63.6 Å². The van der Waals surface area contributed by atoms with Crippen molar-refractivity contribution in [3.8, 4) is 0 Å². The molecular formula is C18H15Cl2NO4. The number of carbonyl (C=O) groups excluding carboxylic acids is 3. The van der Waals surface area contributed by atoms with Crippen molar-refractivity contribution in [2.45, 2.75) is 12.8 Å². The molecule has 0 atom stereocenters. The maximum absolute atomic E-state index is 12.1. The number of hydrogen-bond acceptors (Lipinski definition) is 4. The molecule has 0 radical (unpaired) electrons. The van der Waals surface area contributed by atoms with Crippen LogP contribution in [0.2, 0.25) is 10.0 Å². The zero-order valence-electron chi connectivity index (χ0n) is 13.3. The van der Waals surface area contributed by atoms with E-state index in [2.05, 4.69) is 10.1 Å². The van der Waals surface area contributed by atoms with Crippen LogP contribution in [0.4, 0.5) is 5.69 Å². The number of halogens is 2.